The van der Waals surface area contributed by atoms with Crippen molar-refractivity contribution in [3.63, 3.8) is 0 Å². The molecule has 176 valence electrons. The highest BCUT2D eigenvalue weighted by Crippen LogP contribution is 2.33. The molecule has 3 heterocycles. The molecule has 4 rings (SSSR count). The molecule has 1 aromatic carbocycles. The fourth-order valence-electron chi connectivity index (χ4n) is 2.87. The lowest BCUT2D eigenvalue weighted by Gasteiger charge is -2.11. The maximum Gasteiger partial charge on any atom is 0.471 e. The van der Waals surface area contributed by atoms with Crippen LogP contribution in [0.2, 0.25) is 0 Å². The summed E-state index contributed by atoms with van der Waals surface area (Å²) in [5.74, 6) is -1.82. The van der Waals surface area contributed by atoms with E-state index in [0.717, 1.165) is 0 Å². The fraction of sp³-hybridized carbons (Fsp3) is 0.105. The lowest BCUT2D eigenvalue weighted by atomic mass is 10.1. The molecule has 1 amide bonds. The Kier molecular flexibility index (Phi) is 5.89. The lowest BCUT2D eigenvalue weighted by molar-refractivity contribution is -0.159. The molecule has 4 aromatic rings. The van der Waals surface area contributed by atoms with E-state index < -0.39 is 28.2 Å². The zero-order valence-electron chi connectivity index (χ0n) is 16.8. The summed E-state index contributed by atoms with van der Waals surface area (Å²) < 4.78 is 70.2. The second-order valence-corrected chi connectivity index (χ2v) is 8.24. The Morgan fingerprint density at radius 3 is 2.59 bits per heavy atom. The van der Waals surface area contributed by atoms with Gasteiger partial charge in [0.15, 0.2) is 5.03 Å². The van der Waals surface area contributed by atoms with Crippen molar-refractivity contribution >= 4 is 32.7 Å². The number of anilines is 1. The average molecular weight is 494 g/mol. The molecule has 15 heteroatoms. The van der Waals surface area contributed by atoms with Gasteiger partial charge in [0.25, 0.3) is 10.0 Å². The number of benzene rings is 1. The number of hydrogen-bond donors (Lipinski definition) is 2. The first kappa shape index (κ1) is 23.1. The Labute approximate surface area is 188 Å². The minimum atomic E-state index is -4.80. The highest BCUT2D eigenvalue weighted by molar-refractivity contribution is 7.89. The normalized spacial score (nSPS) is 12.0. The number of alkyl halides is 3. The lowest BCUT2D eigenvalue weighted by Crippen LogP contribution is -2.15. The SMILES string of the molecule is NS(=O)(=O)c1ccc(COC(=O)Nc2ccc(-c3noc(C(F)(F)F)n3)c3ncccc23)cn1. The van der Waals surface area contributed by atoms with Crippen LogP contribution in [0.15, 0.2) is 58.3 Å². The molecule has 0 aliphatic rings. The van der Waals surface area contributed by atoms with E-state index in [-0.39, 0.29) is 34.2 Å². The number of aromatic nitrogens is 4. The third kappa shape index (κ3) is 4.94. The molecule has 0 saturated carbocycles. The van der Waals surface area contributed by atoms with Gasteiger partial charge in [0.2, 0.25) is 5.82 Å². The molecule has 0 aliphatic carbocycles. The van der Waals surface area contributed by atoms with Crippen LogP contribution < -0.4 is 10.5 Å². The highest BCUT2D eigenvalue weighted by atomic mass is 32.2. The van der Waals surface area contributed by atoms with Gasteiger partial charge in [0.1, 0.15) is 6.61 Å². The molecule has 34 heavy (non-hydrogen) atoms. The number of primary sulfonamides is 1. The van der Waals surface area contributed by atoms with Crippen LogP contribution in [0, 0.1) is 0 Å². The van der Waals surface area contributed by atoms with Crippen molar-refractivity contribution in [3.8, 4) is 11.4 Å². The van der Waals surface area contributed by atoms with Crippen LogP contribution in [0.25, 0.3) is 22.3 Å². The zero-order valence-corrected chi connectivity index (χ0v) is 17.6. The summed E-state index contributed by atoms with van der Waals surface area (Å²) in [5.41, 5.74) is 1.05. The van der Waals surface area contributed by atoms with E-state index in [2.05, 4.69) is 29.9 Å². The van der Waals surface area contributed by atoms with Crippen LogP contribution in [0.4, 0.5) is 23.7 Å². The van der Waals surface area contributed by atoms with Crippen LogP contribution in [0.5, 0.6) is 0 Å². The minimum absolute atomic E-state index is 0.162. The van der Waals surface area contributed by atoms with Gasteiger partial charge >= 0.3 is 18.2 Å². The van der Waals surface area contributed by atoms with Gasteiger partial charge in [-0.2, -0.15) is 18.2 Å². The van der Waals surface area contributed by atoms with Gasteiger partial charge in [-0.05, 0) is 30.3 Å². The number of amides is 1. The van der Waals surface area contributed by atoms with Gasteiger partial charge in [0.05, 0.1) is 11.2 Å². The number of rotatable bonds is 5. The molecule has 0 spiro atoms. The van der Waals surface area contributed by atoms with Gasteiger partial charge in [-0.25, -0.2) is 23.3 Å². The predicted octanol–water partition coefficient (Wildman–Crippen LogP) is 3.09. The molecular formula is C19H13F3N6O5S. The van der Waals surface area contributed by atoms with Gasteiger partial charge in [-0.1, -0.05) is 11.2 Å². The predicted molar refractivity (Wildman–Crippen MR) is 109 cm³/mol. The summed E-state index contributed by atoms with van der Waals surface area (Å²) in [6.07, 6.45) is -3.04. The summed E-state index contributed by atoms with van der Waals surface area (Å²) in [6, 6.07) is 8.51. The first-order chi connectivity index (χ1) is 16.0. The van der Waals surface area contributed by atoms with Gasteiger partial charge in [-0.15, -0.1) is 0 Å². The molecule has 0 unspecified atom stereocenters. The van der Waals surface area contributed by atoms with Crippen LogP contribution in [0.3, 0.4) is 0 Å². The Balaban J connectivity index is 1.52. The Hall–Kier alpha value is -4.11. The number of pyridine rings is 2. The van der Waals surface area contributed by atoms with Crippen LogP contribution in [0.1, 0.15) is 11.5 Å². The van der Waals surface area contributed by atoms with Crippen molar-refractivity contribution in [1.82, 2.24) is 20.1 Å². The van der Waals surface area contributed by atoms with E-state index in [1.54, 1.807) is 12.1 Å². The Morgan fingerprint density at radius 1 is 1.15 bits per heavy atom. The number of fused-ring (bicyclic) bond motifs is 1. The highest BCUT2D eigenvalue weighted by Gasteiger charge is 2.38. The summed E-state index contributed by atoms with van der Waals surface area (Å²) in [7, 11) is -3.95. The summed E-state index contributed by atoms with van der Waals surface area (Å²) in [6.45, 7) is -0.221. The largest absolute Gasteiger partial charge is 0.471 e. The standard InChI is InChI=1S/C19H13F3N6O5S/c20-19(21,22)17-27-16(28-33-17)12-4-5-13(11-2-1-7-24-15(11)12)26-18(29)32-9-10-3-6-14(25-8-10)34(23,30)31/h1-8H,9H2,(H,26,29)(H2,23,30,31). The number of nitrogens with two attached hydrogens (primary N) is 1. The molecule has 3 N–H and O–H groups in total. The van der Waals surface area contributed by atoms with E-state index >= 15 is 0 Å². The summed E-state index contributed by atoms with van der Waals surface area (Å²) in [4.78, 5) is 23.5. The zero-order chi connectivity index (χ0) is 24.5. The molecule has 0 atom stereocenters. The topological polar surface area (TPSA) is 163 Å². The monoisotopic (exact) mass is 494 g/mol. The molecule has 0 bridgehead atoms. The average Bonchev–Trinajstić information content (AvgIpc) is 3.28. The van der Waals surface area contributed by atoms with Crippen molar-refractivity contribution in [1.29, 1.82) is 0 Å². The Morgan fingerprint density at radius 2 is 1.94 bits per heavy atom. The fourth-order valence-corrected chi connectivity index (χ4v) is 3.33. The first-order valence-electron chi connectivity index (χ1n) is 9.23. The third-order valence-corrected chi connectivity index (χ3v) is 5.20. The first-order valence-corrected chi connectivity index (χ1v) is 10.8. The van der Waals surface area contributed by atoms with E-state index in [1.807, 2.05) is 0 Å². The van der Waals surface area contributed by atoms with Crippen molar-refractivity contribution in [2.75, 3.05) is 5.32 Å². The van der Waals surface area contributed by atoms with Gasteiger partial charge < -0.3 is 9.26 Å². The molecule has 3 aromatic heterocycles. The number of carbonyl (C=O) groups excluding carboxylic acids is 1. The quantitative estimate of drug-likeness (QED) is 0.424. The summed E-state index contributed by atoms with van der Waals surface area (Å²) in [5, 5.41) is 10.9. The molecular weight excluding hydrogens is 481 g/mol. The number of nitrogens with zero attached hydrogens (tertiary/aromatic N) is 4. The molecule has 0 aliphatic heterocycles. The van der Waals surface area contributed by atoms with E-state index in [1.165, 1.54) is 36.7 Å². The van der Waals surface area contributed by atoms with Crippen LogP contribution in [-0.4, -0.2) is 34.6 Å². The van der Waals surface area contributed by atoms with E-state index in [4.69, 9.17) is 9.88 Å². The molecule has 0 fully saturated rings. The second kappa shape index (κ2) is 8.68. The molecule has 0 radical (unpaired) electrons. The smallest absolute Gasteiger partial charge is 0.444 e. The van der Waals surface area contributed by atoms with E-state index in [0.29, 0.717) is 10.9 Å². The second-order valence-electron chi connectivity index (χ2n) is 6.73. The van der Waals surface area contributed by atoms with Crippen molar-refractivity contribution < 1.29 is 35.6 Å². The number of nitrogens with one attached hydrogen (secondary N) is 1. The third-order valence-electron chi connectivity index (χ3n) is 4.37. The number of sulfonamides is 1. The number of halogens is 3. The maximum absolute atomic E-state index is 12.8. The van der Waals surface area contributed by atoms with Crippen molar-refractivity contribution in [2.24, 2.45) is 5.14 Å². The van der Waals surface area contributed by atoms with Gasteiger partial charge in [-0.3, -0.25) is 10.3 Å². The van der Waals surface area contributed by atoms with Crippen LogP contribution >= 0.6 is 0 Å². The number of hydrogen-bond acceptors (Lipinski definition) is 9. The Bertz CT molecular complexity index is 1470. The van der Waals surface area contributed by atoms with Gasteiger partial charge in [0, 0.05) is 28.9 Å². The number of carbonyl (C=O) groups is 1. The number of ether oxygens (including phenoxy) is 1. The molecule has 11 nitrogen and oxygen atoms in total. The van der Waals surface area contributed by atoms with E-state index in [9.17, 15) is 26.4 Å². The van der Waals surface area contributed by atoms with Crippen molar-refractivity contribution in [3.05, 3.63) is 60.2 Å². The van der Waals surface area contributed by atoms with Crippen molar-refractivity contribution in [2.45, 2.75) is 17.8 Å². The van der Waals surface area contributed by atoms with Crippen LogP contribution in [-0.2, 0) is 27.5 Å². The maximum atomic E-state index is 12.8. The summed E-state index contributed by atoms with van der Waals surface area (Å²) >= 11 is 0. The minimum Gasteiger partial charge on any atom is -0.444 e. The molecule has 0 saturated heterocycles.